The van der Waals surface area contributed by atoms with Crippen LogP contribution < -0.4 is 5.73 Å². The van der Waals surface area contributed by atoms with Gasteiger partial charge in [-0.2, -0.15) is 0 Å². The van der Waals surface area contributed by atoms with Crippen LogP contribution in [-0.4, -0.2) is 17.9 Å². The van der Waals surface area contributed by atoms with E-state index in [-0.39, 0.29) is 28.8 Å². The zero-order chi connectivity index (χ0) is 19.9. The van der Waals surface area contributed by atoms with Gasteiger partial charge in [-0.3, -0.25) is 4.79 Å². The lowest BCUT2D eigenvalue weighted by atomic mass is 9.70. The molecule has 3 rings (SSSR count). The van der Waals surface area contributed by atoms with E-state index in [2.05, 4.69) is 15.9 Å². The highest BCUT2D eigenvalue weighted by atomic mass is 79.9. The van der Waals surface area contributed by atoms with Gasteiger partial charge in [0.05, 0.1) is 12.0 Å². The lowest BCUT2D eigenvalue weighted by molar-refractivity contribution is -0.143. The standard InChI is InChI=1S/C21H24BrNO4/c1-11(2)26-20(25)18-16(12-6-5-7-13(22)8-12)17-14(24)9-21(3,4)10-15(17)27-19(18)23/h5-8,11,16H,9-10,23H2,1-4H3. The van der Waals surface area contributed by atoms with E-state index in [0.717, 1.165) is 10.0 Å². The molecule has 0 spiro atoms. The lowest BCUT2D eigenvalue weighted by Crippen LogP contribution is -2.36. The Morgan fingerprint density at radius 3 is 2.67 bits per heavy atom. The molecule has 144 valence electrons. The van der Waals surface area contributed by atoms with Gasteiger partial charge in [0.25, 0.3) is 0 Å². The lowest BCUT2D eigenvalue weighted by Gasteiger charge is -2.38. The second-order valence-electron chi connectivity index (χ2n) is 8.10. The zero-order valence-corrected chi connectivity index (χ0v) is 17.6. The maximum atomic E-state index is 13.0. The predicted octanol–water partition coefficient (Wildman–Crippen LogP) is 4.33. The number of esters is 1. The minimum Gasteiger partial charge on any atom is -0.459 e. The maximum Gasteiger partial charge on any atom is 0.340 e. The van der Waals surface area contributed by atoms with Crippen LogP contribution in [0.2, 0.25) is 0 Å². The number of nitrogens with two attached hydrogens (primary N) is 1. The van der Waals surface area contributed by atoms with E-state index in [4.69, 9.17) is 15.2 Å². The first-order valence-corrected chi connectivity index (χ1v) is 9.78. The van der Waals surface area contributed by atoms with Crippen molar-refractivity contribution in [2.45, 2.75) is 52.6 Å². The van der Waals surface area contributed by atoms with Crippen LogP contribution >= 0.6 is 15.9 Å². The van der Waals surface area contributed by atoms with Crippen molar-refractivity contribution in [2.24, 2.45) is 11.1 Å². The second-order valence-corrected chi connectivity index (χ2v) is 9.02. The fraction of sp³-hybridized carbons (Fsp3) is 0.429. The van der Waals surface area contributed by atoms with Crippen LogP contribution in [0.3, 0.4) is 0 Å². The molecule has 1 unspecified atom stereocenters. The first-order valence-electron chi connectivity index (χ1n) is 8.99. The molecule has 0 saturated heterocycles. The molecule has 1 atom stereocenters. The smallest absolute Gasteiger partial charge is 0.340 e. The molecule has 0 radical (unpaired) electrons. The number of rotatable bonds is 3. The van der Waals surface area contributed by atoms with E-state index in [0.29, 0.717) is 24.2 Å². The van der Waals surface area contributed by atoms with Crippen LogP contribution in [0.25, 0.3) is 0 Å². The van der Waals surface area contributed by atoms with Gasteiger partial charge in [0.15, 0.2) is 5.78 Å². The summed E-state index contributed by atoms with van der Waals surface area (Å²) in [6.45, 7) is 7.58. The van der Waals surface area contributed by atoms with Gasteiger partial charge in [-0.05, 0) is 37.0 Å². The molecular weight excluding hydrogens is 410 g/mol. The Kier molecular flexibility index (Phi) is 5.21. The number of ketones is 1. The molecule has 1 aliphatic heterocycles. The van der Waals surface area contributed by atoms with Gasteiger partial charge in [-0.15, -0.1) is 0 Å². The Bertz CT molecular complexity index is 867. The average molecular weight is 434 g/mol. The summed E-state index contributed by atoms with van der Waals surface area (Å²) < 4.78 is 12.0. The molecule has 1 heterocycles. The van der Waals surface area contributed by atoms with E-state index >= 15 is 0 Å². The molecule has 1 aliphatic carbocycles. The molecular formula is C21H24BrNO4. The second kappa shape index (κ2) is 7.15. The third-order valence-electron chi connectivity index (χ3n) is 4.70. The number of carbonyl (C=O) groups excluding carboxylic acids is 2. The van der Waals surface area contributed by atoms with Crippen LogP contribution in [0.4, 0.5) is 0 Å². The van der Waals surface area contributed by atoms with Gasteiger partial charge in [-0.25, -0.2) is 4.79 Å². The number of benzene rings is 1. The summed E-state index contributed by atoms with van der Waals surface area (Å²) in [4.78, 5) is 25.9. The van der Waals surface area contributed by atoms with Gasteiger partial charge in [0.2, 0.25) is 5.88 Å². The van der Waals surface area contributed by atoms with Gasteiger partial charge in [-0.1, -0.05) is 41.9 Å². The Morgan fingerprint density at radius 2 is 2.04 bits per heavy atom. The molecule has 1 aromatic rings. The van der Waals surface area contributed by atoms with Crippen molar-refractivity contribution >= 4 is 27.7 Å². The maximum absolute atomic E-state index is 13.0. The Morgan fingerprint density at radius 1 is 1.33 bits per heavy atom. The number of halogens is 1. The van der Waals surface area contributed by atoms with Gasteiger partial charge in [0, 0.05) is 22.9 Å². The van der Waals surface area contributed by atoms with Crippen molar-refractivity contribution in [1.29, 1.82) is 0 Å². The van der Waals surface area contributed by atoms with Crippen molar-refractivity contribution in [3.05, 3.63) is 57.1 Å². The molecule has 0 bridgehead atoms. The van der Waals surface area contributed by atoms with Crippen LogP contribution in [0.5, 0.6) is 0 Å². The molecule has 0 amide bonds. The molecule has 0 saturated carbocycles. The molecule has 1 aromatic carbocycles. The molecule has 6 heteroatoms. The summed E-state index contributed by atoms with van der Waals surface area (Å²) >= 11 is 3.47. The average Bonchev–Trinajstić information content (AvgIpc) is 2.51. The summed E-state index contributed by atoms with van der Waals surface area (Å²) in [6, 6.07) is 7.54. The fourth-order valence-corrected chi connectivity index (χ4v) is 4.10. The van der Waals surface area contributed by atoms with Crippen molar-refractivity contribution < 1.29 is 19.1 Å². The van der Waals surface area contributed by atoms with Crippen LogP contribution in [0, 0.1) is 5.41 Å². The quantitative estimate of drug-likeness (QED) is 0.717. The molecule has 27 heavy (non-hydrogen) atoms. The first kappa shape index (κ1) is 19.7. The Hall–Kier alpha value is -2.08. The molecule has 2 aliphatic rings. The van der Waals surface area contributed by atoms with E-state index < -0.39 is 11.9 Å². The number of Topliss-reactive ketones (excluding diaryl/α,β-unsaturated/α-hetero) is 1. The topological polar surface area (TPSA) is 78.6 Å². The van der Waals surface area contributed by atoms with Gasteiger partial charge in [0.1, 0.15) is 11.3 Å². The summed E-state index contributed by atoms with van der Waals surface area (Å²) in [5.74, 6) is -0.610. The normalized spacial score (nSPS) is 21.9. The SMILES string of the molecule is CC(C)OC(=O)C1=C(N)OC2=C(C(=O)CC(C)(C)C2)C1c1cccc(Br)c1. The molecule has 0 fully saturated rings. The zero-order valence-electron chi connectivity index (χ0n) is 16.0. The van der Waals surface area contributed by atoms with Crippen molar-refractivity contribution in [3.8, 4) is 0 Å². The predicted molar refractivity (Wildman–Crippen MR) is 105 cm³/mol. The number of hydrogen-bond acceptors (Lipinski definition) is 5. The van der Waals surface area contributed by atoms with Gasteiger partial charge < -0.3 is 15.2 Å². The van der Waals surface area contributed by atoms with Crippen LogP contribution in [0.1, 0.15) is 52.0 Å². The molecule has 2 N–H and O–H groups in total. The monoisotopic (exact) mass is 433 g/mol. The van der Waals surface area contributed by atoms with Crippen molar-refractivity contribution in [1.82, 2.24) is 0 Å². The van der Waals surface area contributed by atoms with Crippen molar-refractivity contribution in [3.63, 3.8) is 0 Å². The summed E-state index contributed by atoms with van der Waals surface area (Å²) in [5, 5.41) is 0. The minimum atomic E-state index is -0.596. The van der Waals surface area contributed by atoms with E-state index in [1.54, 1.807) is 13.8 Å². The number of hydrogen-bond donors (Lipinski definition) is 1. The Labute approximate surface area is 167 Å². The minimum absolute atomic E-state index is 0.00914. The highest BCUT2D eigenvalue weighted by Crippen LogP contribution is 2.48. The van der Waals surface area contributed by atoms with E-state index in [1.165, 1.54) is 0 Å². The van der Waals surface area contributed by atoms with Crippen LogP contribution in [0.15, 0.2) is 51.5 Å². The van der Waals surface area contributed by atoms with Crippen LogP contribution in [-0.2, 0) is 19.1 Å². The number of ether oxygens (including phenoxy) is 2. The fourth-order valence-electron chi connectivity index (χ4n) is 3.68. The third-order valence-corrected chi connectivity index (χ3v) is 5.19. The van der Waals surface area contributed by atoms with E-state index in [1.807, 2.05) is 38.1 Å². The third kappa shape index (κ3) is 3.95. The summed E-state index contributed by atoms with van der Waals surface area (Å²) in [7, 11) is 0. The molecule has 5 nitrogen and oxygen atoms in total. The summed E-state index contributed by atoms with van der Waals surface area (Å²) in [6.07, 6.45) is 0.676. The summed E-state index contributed by atoms with van der Waals surface area (Å²) in [5.41, 5.74) is 7.45. The number of allylic oxidation sites excluding steroid dienone is 2. The van der Waals surface area contributed by atoms with Gasteiger partial charge >= 0.3 is 5.97 Å². The highest BCUT2D eigenvalue weighted by molar-refractivity contribution is 9.10. The van der Waals surface area contributed by atoms with E-state index in [9.17, 15) is 9.59 Å². The molecule has 0 aromatic heterocycles. The number of carbonyl (C=O) groups is 2. The largest absolute Gasteiger partial charge is 0.459 e. The highest BCUT2D eigenvalue weighted by Gasteiger charge is 2.45. The first-order chi connectivity index (χ1) is 12.6. The van der Waals surface area contributed by atoms with Crippen molar-refractivity contribution in [2.75, 3.05) is 0 Å². The Balaban J connectivity index is 2.17.